The Kier molecular flexibility index (Phi) is 5.78. The van der Waals surface area contributed by atoms with Crippen LogP contribution < -0.4 is 11.1 Å². The first-order chi connectivity index (χ1) is 8.53. The molecule has 0 aliphatic carbocycles. The van der Waals surface area contributed by atoms with E-state index in [1.165, 1.54) is 0 Å². The number of pyridine rings is 1. The van der Waals surface area contributed by atoms with E-state index in [9.17, 15) is 4.79 Å². The Labute approximate surface area is 109 Å². The predicted molar refractivity (Wildman–Crippen MR) is 72.8 cm³/mol. The Morgan fingerprint density at radius 3 is 2.61 bits per heavy atom. The summed E-state index contributed by atoms with van der Waals surface area (Å²) in [4.78, 5) is 15.6. The van der Waals surface area contributed by atoms with E-state index in [0.29, 0.717) is 19.5 Å². The lowest BCUT2D eigenvalue weighted by Crippen LogP contribution is -2.25. The number of carbonyl (C=O) groups is 1. The summed E-state index contributed by atoms with van der Waals surface area (Å²) in [5, 5.41) is 2.92. The SMILES string of the molecule is CC(C)(CCN)CCC(=O)NCc1ccncc1. The van der Waals surface area contributed by atoms with Crippen molar-refractivity contribution in [1.29, 1.82) is 0 Å². The van der Waals surface area contributed by atoms with Gasteiger partial charge < -0.3 is 11.1 Å². The van der Waals surface area contributed by atoms with Gasteiger partial charge in [-0.15, -0.1) is 0 Å². The van der Waals surface area contributed by atoms with Gasteiger partial charge in [0.1, 0.15) is 0 Å². The molecule has 18 heavy (non-hydrogen) atoms. The molecule has 1 aromatic rings. The van der Waals surface area contributed by atoms with Gasteiger partial charge in [-0.25, -0.2) is 0 Å². The second-order valence-corrected chi connectivity index (χ2v) is 5.34. The van der Waals surface area contributed by atoms with Crippen molar-refractivity contribution in [2.75, 3.05) is 6.54 Å². The van der Waals surface area contributed by atoms with Gasteiger partial charge in [0.2, 0.25) is 5.91 Å². The number of hydrogen-bond acceptors (Lipinski definition) is 3. The highest BCUT2D eigenvalue weighted by Gasteiger charge is 2.18. The lowest BCUT2D eigenvalue weighted by molar-refractivity contribution is -0.121. The zero-order valence-electron chi connectivity index (χ0n) is 11.3. The average molecular weight is 249 g/mol. The standard InChI is InChI=1S/C14H23N3O/c1-14(2,7-8-15)6-3-13(18)17-11-12-4-9-16-10-5-12/h4-5,9-10H,3,6-8,11,15H2,1-2H3,(H,17,18). The summed E-state index contributed by atoms with van der Waals surface area (Å²) in [6, 6.07) is 3.80. The smallest absolute Gasteiger partial charge is 0.220 e. The van der Waals surface area contributed by atoms with Crippen LogP contribution in [0.2, 0.25) is 0 Å². The predicted octanol–water partition coefficient (Wildman–Crippen LogP) is 1.85. The maximum absolute atomic E-state index is 11.7. The van der Waals surface area contributed by atoms with Crippen LogP contribution in [0.25, 0.3) is 0 Å². The van der Waals surface area contributed by atoms with Crippen molar-refractivity contribution in [1.82, 2.24) is 10.3 Å². The molecule has 3 N–H and O–H groups in total. The van der Waals surface area contributed by atoms with Crippen molar-refractivity contribution in [3.8, 4) is 0 Å². The van der Waals surface area contributed by atoms with Crippen LogP contribution in [-0.2, 0) is 11.3 Å². The summed E-state index contributed by atoms with van der Waals surface area (Å²) in [5.74, 6) is 0.0944. The number of hydrogen-bond donors (Lipinski definition) is 2. The fourth-order valence-corrected chi connectivity index (χ4v) is 1.76. The number of carbonyl (C=O) groups excluding carboxylic acids is 1. The third-order valence-corrected chi connectivity index (χ3v) is 3.09. The van der Waals surface area contributed by atoms with E-state index in [0.717, 1.165) is 18.4 Å². The van der Waals surface area contributed by atoms with Crippen LogP contribution in [0.5, 0.6) is 0 Å². The summed E-state index contributed by atoms with van der Waals surface area (Å²) in [5.41, 5.74) is 6.76. The number of amides is 1. The molecule has 0 aliphatic rings. The van der Waals surface area contributed by atoms with Crippen LogP contribution >= 0.6 is 0 Å². The summed E-state index contributed by atoms with van der Waals surface area (Å²) < 4.78 is 0. The van der Waals surface area contributed by atoms with Crippen LogP contribution in [0.1, 0.15) is 38.7 Å². The number of nitrogens with two attached hydrogens (primary N) is 1. The third kappa shape index (κ3) is 5.77. The average Bonchev–Trinajstić information content (AvgIpc) is 2.35. The Hall–Kier alpha value is -1.42. The Bertz CT molecular complexity index is 363. The van der Waals surface area contributed by atoms with Crippen LogP contribution in [-0.4, -0.2) is 17.4 Å². The third-order valence-electron chi connectivity index (χ3n) is 3.09. The molecule has 4 nitrogen and oxygen atoms in total. The molecule has 100 valence electrons. The fraction of sp³-hybridized carbons (Fsp3) is 0.571. The number of aromatic nitrogens is 1. The highest BCUT2D eigenvalue weighted by molar-refractivity contribution is 5.75. The van der Waals surface area contributed by atoms with Crippen molar-refractivity contribution in [2.45, 2.75) is 39.7 Å². The van der Waals surface area contributed by atoms with Crippen LogP contribution in [0.3, 0.4) is 0 Å². The van der Waals surface area contributed by atoms with Crippen molar-refractivity contribution in [3.63, 3.8) is 0 Å². The number of nitrogens with zero attached hydrogens (tertiary/aromatic N) is 1. The number of nitrogens with one attached hydrogen (secondary N) is 1. The molecule has 0 unspecified atom stereocenters. The summed E-state index contributed by atoms with van der Waals surface area (Å²) >= 11 is 0. The van der Waals surface area contributed by atoms with Gasteiger partial charge in [0, 0.05) is 25.4 Å². The van der Waals surface area contributed by atoms with Crippen LogP contribution in [0.15, 0.2) is 24.5 Å². The van der Waals surface area contributed by atoms with E-state index < -0.39 is 0 Å². The van der Waals surface area contributed by atoms with Gasteiger partial charge >= 0.3 is 0 Å². The van der Waals surface area contributed by atoms with Gasteiger partial charge in [-0.05, 0) is 42.5 Å². The maximum atomic E-state index is 11.7. The first kappa shape index (κ1) is 14.6. The maximum Gasteiger partial charge on any atom is 0.220 e. The Morgan fingerprint density at radius 2 is 2.00 bits per heavy atom. The molecule has 0 aliphatic heterocycles. The first-order valence-electron chi connectivity index (χ1n) is 6.39. The van der Waals surface area contributed by atoms with Gasteiger partial charge in [-0.3, -0.25) is 9.78 Å². The molecule has 0 bridgehead atoms. The van der Waals surface area contributed by atoms with Crippen molar-refractivity contribution in [3.05, 3.63) is 30.1 Å². The number of rotatable bonds is 7. The molecule has 0 saturated carbocycles. The molecule has 0 saturated heterocycles. The highest BCUT2D eigenvalue weighted by atomic mass is 16.1. The Morgan fingerprint density at radius 1 is 1.33 bits per heavy atom. The van der Waals surface area contributed by atoms with E-state index in [4.69, 9.17) is 5.73 Å². The first-order valence-corrected chi connectivity index (χ1v) is 6.39. The summed E-state index contributed by atoms with van der Waals surface area (Å²) in [6.45, 7) is 5.54. The quantitative estimate of drug-likeness (QED) is 0.775. The van der Waals surface area contributed by atoms with Crippen molar-refractivity contribution < 1.29 is 4.79 Å². The molecule has 1 rings (SSSR count). The van der Waals surface area contributed by atoms with E-state index in [1.54, 1.807) is 12.4 Å². The van der Waals surface area contributed by atoms with E-state index in [1.807, 2.05) is 12.1 Å². The van der Waals surface area contributed by atoms with Crippen LogP contribution in [0, 0.1) is 5.41 Å². The van der Waals surface area contributed by atoms with Crippen molar-refractivity contribution >= 4 is 5.91 Å². The summed E-state index contributed by atoms with van der Waals surface area (Å²) in [7, 11) is 0. The molecule has 0 spiro atoms. The summed E-state index contributed by atoms with van der Waals surface area (Å²) in [6.07, 6.45) is 5.83. The zero-order chi connectivity index (χ0) is 13.4. The molecule has 1 aromatic heterocycles. The van der Waals surface area contributed by atoms with Gasteiger partial charge in [-0.1, -0.05) is 13.8 Å². The molecule has 0 atom stereocenters. The molecule has 0 radical (unpaired) electrons. The van der Waals surface area contributed by atoms with Crippen molar-refractivity contribution in [2.24, 2.45) is 11.1 Å². The zero-order valence-corrected chi connectivity index (χ0v) is 11.3. The van der Waals surface area contributed by atoms with Crippen LogP contribution in [0.4, 0.5) is 0 Å². The second-order valence-electron chi connectivity index (χ2n) is 5.34. The second kappa shape index (κ2) is 7.11. The molecule has 0 fully saturated rings. The minimum Gasteiger partial charge on any atom is -0.352 e. The topological polar surface area (TPSA) is 68.0 Å². The van der Waals surface area contributed by atoms with Gasteiger partial charge in [0.05, 0.1) is 0 Å². The normalized spacial score (nSPS) is 11.3. The molecule has 1 amide bonds. The lowest BCUT2D eigenvalue weighted by Gasteiger charge is -2.23. The van der Waals surface area contributed by atoms with E-state index >= 15 is 0 Å². The van der Waals surface area contributed by atoms with Gasteiger partial charge in [0.25, 0.3) is 0 Å². The molecular weight excluding hydrogens is 226 g/mol. The molecule has 1 heterocycles. The molecule has 4 heteroatoms. The largest absolute Gasteiger partial charge is 0.352 e. The monoisotopic (exact) mass is 249 g/mol. The Balaban J connectivity index is 2.26. The van der Waals surface area contributed by atoms with Gasteiger partial charge in [-0.2, -0.15) is 0 Å². The fourth-order valence-electron chi connectivity index (χ4n) is 1.76. The lowest BCUT2D eigenvalue weighted by atomic mass is 9.84. The molecular formula is C14H23N3O. The minimum atomic E-state index is 0.0944. The van der Waals surface area contributed by atoms with E-state index in [2.05, 4.69) is 24.1 Å². The van der Waals surface area contributed by atoms with E-state index in [-0.39, 0.29) is 11.3 Å². The minimum absolute atomic E-state index is 0.0944. The molecule has 0 aromatic carbocycles. The highest BCUT2D eigenvalue weighted by Crippen LogP contribution is 2.25. The van der Waals surface area contributed by atoms with Gasteiger partial charge in [0.15, 0.2) is 0 Å².